The number of nitrogens with zero attached hydrogens (tertiary/aromatic N) is 2. The van der Waals surface area contributed by atoms with Crippen LogP contribution in [0.15, 0.2) is 24.3 Å². The topological polar surface area (TPSA) is 35.6 Å². The number of benzene rings is 1. The molecule has 0 aliphatic carbocycles. The van der Waals surface area contributed by atoms with Crippen LogP contribution in [0.4, 0.5) is 10.5 Å². The average molecular weight is 287 g/mol. The van der Waals surface area contributed by atoms with Crippen LogP contribution in [-0.4, -0.2) is 48.1 Å². The number of hydrogen-bond acceptors (Lipinski definition) is 2. The van der Waals surface area contributed by atoms with Gasteiger partial charge < -0.3 is 15.1 Å². The molecule has 114 valence electrons. The third-order valence-electron chi connectivity index (χ3n) is 4.61. The Hall–Kier alpha value is -1.55. The standard InChI is InChI=1S/C17H25N3O/c1-14-6-8-15(9-7-14)18-17(21)20-12-4-5-16(20)13-19-10-2-3-11-19/h6-9,16H,2-5,10-13H2,1H3,(H,18,21)/t16-/m1/s1. The van der Waals surface area contributed by atoms with Crippen molar-refractivity contribution < 1.29 is 4.79 Å². The van der Waals surface area contributed by atoms with Crippen molar-refractivity contribution in [1.29, 1.82) is 0 Å². The summed E-state index contributed by atoms with van der Waals surface area (Å²) in [6.45, 7) is 6.38. The molecule has 1 atom stereocenters. The Morgan fingerprint density at radius 2 is 1.86 bits per heavy atom. The van der Waals surface area contributed by atoms with Crippen LogP contribution < -0.4 is 5.32 Å². The highest BCUT2D eigenvalue weighted by atomic mass is 16.2. The molecule has 4 nitrogen and oxygen atoms in total. The second-order valence-electron chi connectivity index (χ2n) is 6.29. The van der Waals surface area contributed by atoms with Crippen molar-refractivity contribution in [3.63, 3.8) is 0 Å². The molecule has 1 N–H and O–H groups in total. The van der Waals surface area contributed by atoms with E-state index < -0.39 is 0 Å². The van der Waals surface area contributed by atoms with Gasteiger partial charge in [0.2, 0.25) is 0 Å². The summed E-state index contributed by atoms with van der Waals surface area (Å²) >= 11 is 0. The summed E-state index contributed by atoms with van der Waals surface area (Å²) in [6, 6.07) is 8.44. The fraction of sp³-hybridized carbons (Fsp3) is 0.588. The van der Waals surface area contributed by atoms with E-state index in [0.29, 0.717) is 6.04 Å². The molecular formula is C17H25N3O. The van der Waals surface area contributed by atoms with Crippen LogP contribution in [0.1, 0.15) is 31.2 Å². The number of amides is 2. The minimum atomic E-state index is 0.0561. The zero-order chi connectivity index (χ0) is 14.7. The molecule has 0 unspecified atom stereocenters. The maximum atomic E-state index is 12.5. The molecule has 21 heavy (non-hydrogen) atoms. The third kappa shape index (κ3) is 3.56. The lowest BCUT2D eigenvalue weighted by Gasteiger charge is -2.28. The molecule has 0 aromatic heterocycles. The van der Waals surface area contributed by atoms with Crippen molar-refractivity contribution in [2.75, 3.05) is 31.5 Å². The minimum Gasteiger partial charge on any atom is -0.320 e. The van der Waals surface area contributed by atoms with E-state index in [1.807, 2.05) is 29.2 Å². The highest BCUT2D eigenvalue weighted by molar-refractivity contribution is 5.89. The second-order valence-corrected chi connectivity index (χ2v) is 6.29. The molecule has 2 fully saturated rings. The predicted molar refractivity (Wildman–Crippen MR) is 85.6 cm³/mol. The van der Waals surface area contributed by atoms with E-state index in [9.17, 15) is 4.79 Å². The Morgan fingerprint density at radius 1 is 1.14 bits per heavy atom. The Balaban J connectivity index is 1.58. The number of nitrogens with one attached hydrogen (secondary N) is 1. The highest BCUT2D eigenvalue weighted by Crippen LogP contribution is 2.21. The van der Waals surface area contributed by atoms with E-state index in [-0.39, 0.29) is 6.03 Å². The fourth-order valence-corrected chi connectivity index (χ4v) is 3.39. The lowest BCUT2D eigenvalue weighted by atomic mass is 10.2. The number of carbonyl (C=O) groups is 1. The molecule has 2 amide bonds. The molecule has 1 aromatic rings. The lowest BCUT2D eigenvalue weighted by molar-refractivity contribution is 0.186. The van der Waals surface area contributed by atoms with Crippen molar-refractivity contribution in [2.45, 2.75) is 38.6 Å². The minimum absolute atomic E-state index is 0.0561. The number of urea groups is 1. The van der Waals surface area contributed by atoms with Gasteiger partial charge in [0.05, 0.1) is 0 Å². The number of likely N-dealkylation sites (tertiary alicyclic amines) is 2. The molecule has 2 heterocycles. The van der Waals surface area contributed by atoms with Crippen LogP contribution in [0.5, 0.6) is 0 Å². The second kappa shape index (κ2) is 6.48. The number of aryl methyl sites for hydroxylation is 1. The summed E-state index contributed by atoms with van der Waals surface area (Å²) in [6.07, 6.45) is 4.88. The summed E-state index contributed by atoms with van der Waals surface area (Å²) < 4.78 is 0. The van der Waals surface area contributed by atoms with E-state index >= 15 is 0 Å². The van der Waals surface area contributed by atoms with E-state index in [2.05, 4.69) is 17.1 Å². The monoisotopic (exact) mass is 287 g/mol. The zero-order valence-corrected chi connectivity index (χ0v) is 12.8. The number of carbonyl (C=O) groups excluding carboxylic acids is 1. The van der Waals surface area contributed by atoms with E-state index in [1.54, 1.807) is 0 Å². The van der Waals surface area contributed by atoms with Gasteiger partial charge in [-0.05, 0) is 57.8 Å². The normalized spacial score (nSPS) is 22.7. The third-order valence-corrected chi connectivity index (χ3v) is 4.61. The molecular weight excluding hydrogens is 262 g/mol. The number of rotatable bonds is 3. The van der Waals surface area contributed by atoms with Gasteiger partial charge in [-0.2, -0.15) is 0 Å². The van der Waals surface area contributed by atoms with Crippen LogP contribution in [0.2, 0.25) is 0 Å². The molecule has 4 heteroatoms. The van der Waals surface area contributed by atoms with Crippen molar-refractivity contribution in [3.8, 4) is 0 Å². The van der Waals surface area contributed by atoms with Gasteiger partial charge in [-0.25, -0.2) is 4.79 Å². The lowest BCUT2D eigenvalue weighted by Crippen LogP contribution is -2.44. The first-order valence-electron chi connectivity index (χ1n) is 8.09. The Labute approximate surface area is 127 Å². The predicted octanol–water partition coefficient (Wildman–Crippen LogP) is 3.09. The quantitative estimate of drug-likeness (QED) is 0.927. The summed E-state index contributed by atoms with van der Waals surface area (Å²) in [4.78, 5) is 17.0. The van der Waals surface area contributed by atoms with Crippen LogP contribution in [-0.2, 0) is 0 Å². The first-order chi connectivity index (χ1) is 10.2. The van der Waals surface area contributed by atoms with Gasteiger partial charge in [-0.3, -0.25) is 0 Å². The first-order valence-corrected chi connectivity index (χ1v) is 8.09. The maximum Gasteiger partial charge on any atom is 0.322 e. The summed E-state index contributed by atoms with van der Waals surface area (Å²) in [5.41, 5.74) is 2.10. The van der Waals surface area contributed by atoms with Crippen molar-refractivity contribution in [3.05, 3.63) is 29.8 Å². The van der Waals surface area contributed by atoms with Gasteiger partial charge in [0, 0.05) is 24.8 Å². The summed E-state index contributed by atoms with van der Waals surface area (Å²) in [5, 5.41) is 3.03. The molecule has 0 radical (unpaired) electrons. The molecule has 3 rings (SSSR count). The van der Waals surface area contributed by atoms with Crippen molar-refractivity contribution in [2.24, 2.45) is 0 Å². The van der Waals surface area contributed by atoms with Gasteiger partial charge in [-0.15, -0.1) is 0 Å². The van der Waals surface area contributed by atoms with Crippen molar-refractivity contribution >= 4 is 11.7 Å². The first kappa shape index (κ1) is 14.4. The van der Waals surface area contributed by atoms with Gasteiger partial charge in [0.15, 0.2) is 0 Å². The highest BCUT2D eigenvalue weighted by Gasteiger charge is 2.30. The van der Waals surface area contributed by atoms with Gasteiger partial charge in [0.1, 0.15) is 0 Å². The van der Waals surface area contributed by atoms with Crippen LogP contribution in [0.3, 0.4) is 0 Å². The summed E-state index contributed by atoms with van der Waals surface area (Å²) in [7, 11) is 0. The zero-order valence-electron chi connectivity index (χ0n) is 12.8. The van der Waals surface area contributed by atoms with Gasteiger partial charge in [-0.1, -0.05) is 17.7 Å². The van der Waals surface area contributed by atoms with Crippen molar-refractivity contribution in [1.82, 2.24) is 9.80 Å². The fourth-order valence-electron chi connectivity index (χ4n) is 3.39. The van der Waals surface area contributed by atoms with E-state index in [4.69, 9.17) is 0 Å². The number of hydrogen-bond donors (Lipinski definition) is 1. The molecule has 1 aromatic carbocycles. The largest absolute Gasteiger partial charge is 0.322 e. The average Bonchev–Trinajstić information content (AvgIpc) is 3.13. The van der Waals surface area contributed by atoms with Crippen LogP contribution in [0, 0.1) is 6.92 Å². The Morgan fingerprint density at radius 3 is 2.57 bits per heavy atom. The number of anilines is 1. The Kier molecular flexibility index (Phi) is 4.44. The smallest absolute Gasteiger partial charge is 0.320 e. The Bertz CT molecular complexity index is 479. The molecule has 0 bridgehead atoms. The van der Waals surface area contributed by atoms with Crippen LogP contribution in [0.25, 0.3) is 0 Å². The van der Waals surface area contributed by atoms with Gasteiger partial charge >= 0.3 is 6.03 Å². The SMILES string of the molecule is Cc1ccc(NC(=O)N2CCC[C@@H]2CN2CCCC2)cc1. The van der Waals surface area contributed by atoms with Crippen LogP contribution >= 0.6 is 0 Å². The molecule has 0 saturated carbocycles. The molecule has 2 aliphatic rings. The summed E-state index contributed by atoms with van der Waals surface area (Å²) in [5.74, 6) is 0. The molecule has 0 spiro atoms. The van der Waals surface area contributed by atoms with Gasteiger partial charge in [0.25, 0.3) is 0 Å². The molecule has 2 aliphatic heterocycles. The van der Waals surface area contributed by atoms with E-state index in [1.165, 1.54) is 31.5 Å². The maximum absolute atomic E-state index is 12.5. The molecule has 2 saturated heterocycles. The van der Waals surface area contributed by atoms with E-state index in [0.717, 1.165) is 31.6 Å².